The Labute approximate surface area is 115 Å². The second kappa shape index (κ2) is 4.88. The molecule has 1 aromatic carbocycles. The van der Waals surface area contributed by atoms with Crippen molar-refractivity contribution in [3.05, 3.63) is 53.1 Å². The van der Waals surface area contributed by atoms with Crippen LogP contribution in [0.15, 0.2) is 42.0 Å². The summed E-state index contributed by atoms with van der Waals surface area (Å²) in [6.45, 7) is 4.48. The van der Waals surface area contributed by atoms with Gasteiger partial charge in [0.05, 0.1) is 29.8 Å². The summed E-state index contributed by atoms with van der Waals surface area (Å²) >= 11 is 0. The lowest BCUT2D eigenvalue weighted by Crippen LogP contribution is -2.27. The van der Waals surface area contributed by atoms with Crippen LogP contribution in [-0.4, -0.2) is 24.3 Å². The van der Waals surface area contributed by atoms with Crippen molar-refractivity contribution in [3.63, 3.8) is 0 Å². The predicted octanol–water partition coefficient (Wildman–Crippen LogP) is 1.56. The second-order valence-electron chi connectivity index (χ2n) is 4.89. The predicted molar refractivity (Wildman–Crippen MR) is 75.5 cm³/mol. The van der Waals surface area contributed by atoms with E-state index in [4.69, 9.17) is 0 Å². The lowest BCUT2D eigenvalue weighted by Gasteiger charge is -2.15. The average molecular weight is 269 g/mol. The molecule has 0 aliphatic carbocycles. The first kappa shape index (κ1) is 12.5. The van der Waals surface area contributed by atoms with E-state index in [0.29, 0.717) is 11.9 Å². The number of hydrogen-bond acceptors (Lipinski definition) is 4. The van der Waals surface area contributed by atoms with Crippen LogP contribution < -0.4 is 5.56 Å². The highest BCUT2D eigenvalue weighted by Gasteiger charge is 2.12. The van der Waals surface area contributed by atoms with Crippen LogP contribution >= 0.6 is 0 Å². The Balaban J connectivity index is 2.06. The molecule has 0 saturated carbocycles. The molecule has 6 nitrogen and oxygen atoms in total. The summed E-state index contributed by atoms with van der Waals surface area (Å²) < 4.78 is 3.36. The van der Waals surface area contributed by atoms with Gasteiger partial charge in [0.25, 0.3) is 5.56 Å². The Morgan fingerprint density at radius 1 is 1.30 bits per heavy atom. The Kier molecular flexibility index (Phi) is 3.06. The fourth-order valence-electron chi connectivity index (χ4n) is 2.34. The van der Waals surface area contributed by atoms with E-state index in [1.54, 1.807) is 21.9 Å². The monoisotopic (exact) mass is 269 g/mol. The number of aryl methyl sites for hydroxylation is 1. The van der Waals surface area contributed by atoms with Gasteiger partial charge in [0, 0.05) is 0 Å². The van der Waals surface area contributed by atoms with Gasteiger partial charge < -0.3 is 0 Å². The average Bonchev–Trinajstić information content (AvgIpc) is 2.91. The molecule has 2 heterocycles. The number of nitrogens with zero attached hydrogens (tertiary/aromatic N) is 5. The third kappa shape index (κ3) is 2.09. The first-order chi connectivity index (χ1) is 9.66. The zero-order valence-electron chi connectivity index (χ0n) is 11.4. The van der Waals surface area contributed by atoms with Crippen LogP contribution in [0.4, 0.5) is 0 Å². The maximum atomic E-state index is 12.6. The molecule has 0 radical (unpaired) electrons. The van der Waals surface area contributed by atoms with Gasteiger partial charge >= 0.3 is 0 Å². The van der Waals surface area contributed by atoms with Gasteiger partial charge in [-0.05, 0) is 25.5 Å². The number of aromatic nitrogens is 5. The topological polar surface area (TPSA) is 65.6 Å². The van der Waals surface area contributed by atoms with Crippen molar-refractivity contribution in [2.75, 3.05) is 0 Å². The van der Waals surface area contributed by atoms with Gasteiger partial charge in [-0.2, -0.15) is 5.10 Å². The first-order valence-corrected chi connectivity index (χ1v) is 6.45. The van der Waals surface area contributed by atoms with E-state index in [1.165, 1.54) is 6.33 Å². The SMILES string of the molecule is Cc1cccc2ncn(C(C)Cn3cncn3)c(=O)c12. The molecule has 0 fully saturated rings. The zero-order chi connectivity index (χ0) is 14.1. The van der Waals surface area contributed by atoms with Crippen molar-refractivity contribution in [2.45, 2.75) is 26.4 Å². The zero-order valence-corrected chi connectivity index (χ0v) is 11.4. The summed E-state index contributed by atoms with van der Waals surface area (Å²) in [5.74, 6) is 0. The van der Waals surface area contributed by atoms with Gasteiger partial charge in [0.2, 0.25) is 0 Å². The van der Waals surface area contributed by atoms with Crippen LogP contribution in [0.3, 0.4) is 0 Å². The van der Waals surface area contributed by atoms with E-state index < -0.39 is 0 Å². The van der Waals surface area contributed by atoms with E-state index in [9.17, 15) is 4.79 Å². The summed E-state index contributed by atoms with van der Waals surface area (Å²) in [5.41, 5.74) is 1.67. The molecule has 0 aliphatic rings. The van der Waals surface area contributed by atoms with E-state index in [0.717, 1.165) is 11.1 Å². The Morgan fingerprint density at radius 3 is 2.90 bits per heavy atom. The number of rotatable bonds is 3. The van der Waals surface area contributed by atoms with Crippen LogP contribution in [0.5, 0.6) is 0 Å². The summed E-state index contributed by atoms with van der Waals surface area (Å²) in [7, 11) is 0. The molecule has 6 heteroatoms. The molecule has 1 unspecified atom stereocenters. The van der Waals surface area contributed by atoms with Crippen molar-refractivity contribution in [1.29, 1.82) is 0 Å². The Morgan fingerprint density at radius 2 is 2.15 bits per heavy atom. The highest BCUT2D eigenvalue weighted by Crippen LogP contribution is 2.13. The maximum absolute atomic E-state index is 12.6. The number of hydrogen-bond donors (Lipinski definition) is 0. The van der Waals surface area contributed by atoms with E-state index in [1.807, 2.05) is 32.0 Å². The molecule has 0 saturated heterocycles. The van der Waals surface area contributed by atoms with Crippen molar-refractivity contribution < 1.29 is 0 Å². The molecule has 2 aromatic heterocycles. The summed E-state index contributed by atoms with van der Waals surface area (Å²) in [5, 5.41) is 4.74. The highest BCUT2D eigenvalue weighted by atomic mass is 16.1. The molecule has 20 heavy (non-hydrogen) atoms. The molecular formula is C14H15N5O. The van der Waals surface area contributed by atoms with Crippen LogP contribution in [-0.2, 0) is 6.54 Å². The van der Waals surface area contributed by atoms with E-state index in [-0.39, 0.29) is 11.6 Å². The maximum Gasteiger partial charge on any atom is 0.261 e. The minimum absolute atomic E-state index is 0.0132. The van der Waals surface area contributed by atoms with Crippen LogP contribution in [0.25, 0.3) is 10.9 Å². The fourth-order valence-corrected chi connectivity index (χ4v) is 2.34. The second-order valence-corrected chi connectivity index (χ2v) is 4.89. The van der Waals surface area contributed by atoms with Gasteiger partial charge in [-0.15, -0.1) is 0 Å². The van der Waals surface area contributed by atoms with Crippen molar-refractivity contribution >= 4 is 10.9 Å². The summed E-state index contributed by atoms with van der Waals surface area (Å²) in [4.78, 5) is 20.9. The van der Waals surface area contributed by atoms with Gasteiger partial charge in [0.15, 0.2) is 0 Å². The first-order valence-electron chi connectivity index (χ1n) is 6.45. The van der Waals surface area contributed by atoms with Gasteiger partial charge in [-0.25, -0.2) is 9.97 Å². The molecule has 0 spiro atoms. The van der Waals surface area contributed by atoms with Crippen LogP contribution in [0.1, 0.15) is 18.5 Å². The molecule has 0 bridgehead atoms. The van der Waals surface area contributed by atoms with Crippen molar-refractivity contribution in [3.8, 4) is 0 Å². The van der Waals surface area contributed by atoms with Crippen molar-refractivity contribution in [2.24, 2.45) is 0 Å². The van der Waals surface area contributed by atoms with Crippen LogP contribution in [0, 0.1) is 6.92 Å². The van der Waals surface area contributed by atoms with Crippen molar-refractivity contribution in [1.82, 2.24) is 24.3 Å². The fraction of sp³-hybridized carbons (Fsp3) is 0.286. The molecule has 0 aliphatic heterocycles. The summed E-state index contributed by atoms with van der Waals surface area (Å²) in [6.07, 6.45) is 4.73. The third-order valence-corrected chi connectivity index (χ3v) is 3.41. The molecular weight excluding hydrogens is 254 g/mol. The molecule has 102 valence electrons. The Hall–Kier alpha value is -2.50. The molecule has 1 atom stereocenters. The lowest BCUT2D eigenvalue weighted by molar-refractivity contribution is 0.425. The van der Waals surface area contributed by atoms with Crippen LogP contribution in [0.2, 0.25) is 0 Å². The molecule has 3 aromatic rings. The normalized spacial score (nSPS) is 12.7. The summed E-state index contributed by atoms with van der Waals surface area (Å²) in [6, 6.07) is 5.65. The Bertz CT molecular complexity index is 791. The standard InChI is InChI=1S/C14H15N5O/c1-10-4-3-5-12-13(10)14(20)19(9-16-12)11(2)6-18-8-15-7-17-18/h3-5,7-9,11H,6H2,1-2H3. The van der Waals surface area contributed by atoms with Gasteiger partial charge in [-0.3, -0.25) is 14.0 Å². The molecule has 0 N–H and O–H groups in total. The molecule has 0 amide bonds. The lowest BCUT2D eigenvalue weighted by atomic mass is 10.1. The van der Waals surface area contributed by atoms with Gasteiger partial charge in [-0.1, -0.05) is 12.1 Å². The molecule has 3 rings (SSSR count). The largest absolute Gasteiger partial charge is 0.294 e. The minimum atomic E-state index is -0.0410. The quantitative estimate of drug-likeness (QED) is 0.723. The highest BCUT2D eigenvalue weighted by molar-refractivity contribution is 5.80. The van der Waals surface area contributed by atoms with Gasteiger partial charge in [0.1, 0.15) is 12.7 Å². The third-order valence-electron chi connectivity index (χ3n) is 3.41. The smallest absolute Gasteiger partial charge is 0.261 e. The number of benzene rings is 1. The van der Waals surface area contributed by atoms with E-state index >= 15 is 0 Å². The minimum Gasteiger partial charge on any atom is -0.294 e. The number of fused-ring (bicyclic) bond motifs is 1. The van der Waals surface area contributed by atoms with E-state index in [2.05, 4.69) is 15.1 Å².